The van der Waals surface area contributed by atoms with Gasteiger partial charge in [-0.1, -0.05) is 20.8 Å². The molecule has 1 unspecified atom stereocenters. The van der Waals surface area contributed by atoms with Gasteiger partial charge < -0.3 is 0 Å². The molecule has 88 valence electrons. The van der Waals surface area contributed by atoms with Crippen LogP contribution in [0.1, 0.15) is 54.9 Å². The first-order chi connectivity index (χ1) is 6.49. The number of ketones is 1. The molecule has 1 fully saturated rings. The van der Waals surface area contributed by atoms with E-state index in [4.69, 9.17) is 0 Å². The lowest BCUT2D eigenvalue weighted by Crippen LogP contribution is -2.70. The lowest BCUT2D eigenvalue weighted by Gasteiger charge is -2.57. The number of Topliss-reactive ketones (excluding diaryl/α,β-unsaturated/α-hetero) is 1. The van der Waals surface area contributed by atoms with Crippen LogP contribution in [0.5, 0.6) is 0 Å². The zero-order chi connectivity index (χ0) is 12.1. The van der Waals surface area contributed by atoms with Crippen LogP contribution >= 0.6 is 0 Å². The second kappa shape index (κ2) is 3.31. The van der Waals surface area contributed by atoms with Gasteiger partial charge in [0.2, 0.25) is 0 Å². The van der Waals surface area contributed by atoms with Crippen LogP contribution in [0.4, 0.5) is 0 Å². The molecule has 0 spiro atoms. The van der Waals surface area contributed by atoms with E-state index in [0.717, 1.165) is 13.0 Å². The lowest BCUT2D eigenvalue weighted by molar-refractivity contribution is -0.155. The summed E-state index contributed by atoms with van der Waals surface area (Å²) in [6.45, 7) is 15.7. The van der Waals surface area contributed by atoms with Crippen LogP contribution in [0.3, 0.4) is 0 Å². The van der Waals surface area contributed by atoms with E-state index in [1.807, 2.05) is 20.8 Å². The molecule has 0 aliphatic carbocycles. The summed E-state index contributed by atoms with van der Waals surface area (Å²) in [5.74, 6) is 0.371. The number of carbonyl (C=O) groups is 1. The Kier molecular flexibility index (Phi) is 2.80. The Labute approximate surface area is 94.0 Å². The Morgan fingerprint density at radius 1 is 1.13 bits per heavy atom. The molecule has 0 bridgehead atoms. The van der Waals surface area contributed by atoms with Crippen molar-refractivity contribution in [3.63, 3.8) is 0 Å². The third-order valence-electron chi connectivity index (χ3n) is 3.40. The molecule has 0 aromatic heterocycles. The fourth-order valence-corrected chi connectivity index (χ4v) is 2.68. The maximum Gasteiger partial charge on any atom is 0.158 e. The monoisotopic (exact) mass is 211 g/mol. The van der Waals surface area contributed by atoms with Gasteiger partial charge >= 0.3 is 0 Å². The number of nitrogens with zero attached hydrogens (tertiary/aromatic N) is 1. The summed E-state index contributed by atoms with van der Waals surface area (Å²) in [5, 5.41) is 0. The smallest absolute Gasteiger partial charge is 0.158 e. The highest BCUT2D eigenvalue weighted by atomic mass is 16.1. The largest absolute Gasteiger partial charge is 0.297 e. The molecule has 1 rings (SSSR count). The molecule has 1 atom stereocenters. The lowest BCUT2D eigenvalue weighted by atomic mass is 9.70. The zero-order valence-electron chi connectivity index (χ0n) is 11.3. The third kappa shape index (κ3) is 2.10. The van der Waals surface area contributed by atoms with Crippen LogP contribution in [0.2, 0.25) is 0 Å². The number of hydrogen-bond acceptors (Lipinski definition) is 2. The van der Waals surface area contributed by atoms with Crippen LogP contribution in [0.25, 0.3) is 0 Å². The molecule has 0 amide bonds. The summed E-state index contributed by atoms with van der Waals surface area (Å²) < 4.78 is 0. The SMILES string of the molecule is CC(C)(C)C(=O)C1(C)CCN1C(C)(C)C. The Balaban J connectivity index is 2.91. The van der Waals surface area contributed by atoms with Gasteiger partial charge in [0.15, 0.2) is 5.78 Å². The van der Waals surface area contributed by atoms with Crippen molar-refractivity contribution >= 4 is 5.78 Å². The molecule has 0 radical (unpaired) electrons. The molecule has 2 heteroatoms. The average Bonchev–Trinajstić information content (AvgIpc) is 1.94. The molecule has 1 heterocycles. The van der Waals surface area contributed by atoms with Gasteiger partial charge in [-0.3, -0.25) is 9.69 Å². The minimum atomic E-state index is -0.240. The molecule has 1 aliphatic rings. The van der Waals surface area contributed by atoms with Crippen molar-refractivity contribution in [1.29, 1.82) is 0 Å². The van der Waals surface area contributed by atoms with Crippen molar-refractivity contribution in [3.8, 4) is 0 Å². The molecule has 1 aliphatic heterocycles. The average molecular weight is 211 g/mol. The fourth-order valence-electron chi connectivity index (χ4n) is 2.68. The van der Waals surface area contributed by atoms with E-state index in [1.165, 1.54) is 0 Å². The molecular weight excluding hydrogens is 186 g/mol. The van der Waals surface area contributed by atoms with Crippen molar-refractivity contribution in [2.24, 2.45) is 5.41 Å². The van der Waals surface area contributed by atoms with Gasteiger partial charge in [0.1, 0.15) is 0 Å². The van der Waals surface area contributed by atoms with Gasteiger partial charge in [-0.15, -0.1) is 0 Å². The van der Waals surface area contributed by atoms with Crippen molar-refractivity contribution < 1.29 is 4.79 Å². The van der Waals surface area contributed by atoms with Crippen LogP contribution in [-0.4, -0.2) is 28.3 Å². The van der Waals surface area contributed by atoms with Gasteiger partial charge in [0, 0.05) is 17.5 Å². The second-order valence-electron chi connectivity index (χ2n) is 6.93. The summed E-state index contributed by atoms with van der Waals surface area (Å²) in [6.07, 6.45) is 1.00. The summed E-state index contributed by atoms with van der Waals surface area (Å²) in [6, 6.07) is 0. The third-order valence-corrected chi connectivity index (χ3v) is 3.40. The van der Waals surface area contributed by atoms with Gasteiger partial charge in [0.05, 0.1) is 5.54 Å². The molecule has 15 heavy (non-hydrogen) atoms. The molecule has 0 N–H and O–H groups in total. The van der Waals surface area contributed by atoms with Crippen molar-refractivity contribution in [3.05, 3.63) is 0 Å². The first-order valence-corrected chi connectivity index (χ1v) is 5.82. The highest BCUT2D eigenvalue weighted by Gasteiger charge is 2.53. The number of hydrogen-bond donors (Lipinski definition) is 0. The number of likely N-dealkylation sites (tertiary alicyclic amines) is 1. The molecular formula is C13H25NO. The van der Waals surface area contributed by atoms with E-state index in [-0.39, 0.29) is 16.5 Å². The van der Waals surface area contributed by atoms with Gasteiger partial charge in [-0.25, -0.2) is 0 Å². The molecule has 0 aromatic rings. The summed E-state index contributed by atoms with van der Waals surface area (Å²) in [4.78, 5) is 14.7. The Morgan fingerprint density at radius 2 is 1.60 bits per heavy atom. The maximum absolute atomic E-state index is 12.4. The van der Waals surface area contributed by atoms with E-state index in [9.17, 15) is 4.79 Å². The number of rotatable bonds is 1. The van der Waals surface area contributed by atoms with E-state index >= 15 is 0 Å². The highest BCUT2D eigenvalue weighted by Crippen LogP contribution is 2.41. The maximum atomic E-state index is 12.4. The Morgan fingerprint density at radius 3 is 1.80 bits per heavy atom. The molecule has 1 saturated heterocycles. The minimum absolute atomic E-state index is 0.0912. The van der Waals surface area contributed by atoms with Gasteiger partial charge in [-0.05, 0) is 34.1 Å². The Bertz CT molecular complexity index is 269. The molecule has 0 saturated carbocycles. The van der Waals surface area contributed by atoms with E-state index < -0.39 is 0 Å². The quantitative estimate of drug-likeness (QED) is 0.664. The number of carbonyl (C=O) groups excluding carboxylic acids is 1. The standard InChI is InChI=1S/C13H25NO/c1-11(2,3)10(15)13(7)8-9-14(13)12(4,5)6/h8-9H2,1-7H3. The van der Waals surface area contributed by atoms with Gasteiger partial charge in [0.25, 0.3) is 0 Å². The van der Waals surface area contributed by atoms with E-state index in [0.29, 0.717) is 5.78 Å². The summed E-state index contributed by atoms with van der Waals surface area (Å²) >= 11 is 0. The van der Waals surface area contributed by atoms with Crippen molar-refractivity contribution in [1.82, 2.24) is 4.90 Å². The first-order valence-electron chi connectivity index (χ1n) is 5.82. The second-order valence-corrected chi connectivity index (χ2v) is 6.93. The molecule has 2 nitrogen and oxygen atoms in total. The van der Waals surface area contributed by atoms with E-state index in [1.54, 1.807) is 0 Å². The molecule has 0 aromatic carbocycles. The predicted octanol–water partition coefficient (Wildman–Crippen LogP) is 2.86. The highest BCUT2D eigenvalue weighted by molar-refractivity contribution is 5.93. The van der Waals surface area contributed by atoms with Crippen LogP contribution in [0.15, 0.2) is 0 Å². The minimum Gasteiger partial charge on any atom is -0.297 e. The summed E-state index contributed by atoms with van der Waals surface area (Å²) in [7, 11) is 0. The van der Waals surface area contributed by atoms with Crippen LogP contribution < -0.4 is 0 Å². The fraction of sp³-hybridized carbons (Fsp3) is 0.923. The van der Waals surface area contributed by atoms with Crippen LogP contribution in [-0.2, 0) is 4.79 Å². The normalized spacial score (nSPS) is 28.7. The predicted molar refractivity (Wildman–Crippen MR) is 63.9 cm³/mol. The van der Waals surface area contributed by atoms with Crippen LogP contribution in [0, 0.1) is 5.41 Å². The zero-order valence-corrected chi connectivity index (χ0v) is 11.3. The van der Waals surface area contributed by atoms with Crippen molar-refractivity contribution in [2.45, 2.75) is 66.0 Å². The first kappa shape index (κ1) is 12.7. The summed E-state index contributed by atoms with van der Waals surface area (Å²) in [5.41, 5.74) is -0.386. The topological polar surface area (TPSA) is 20.3 Å². The van der Waals surface area contributed by atoms with E-state index in [2.05, 4.69) is 32.6 Å². The Hall–Kier alpha value is -0.370. The van der Waals surface area contributed by atoms with Crippen molar-refractivity contribution in [2.75, 3.05) is 6.54 Å². The van der Waals surface area contributed by atoms with Gasteiger partial charge in [-0.2, -0.15) is 0 Å².